The lowest BCUT2D eigenvalue weighted by Gasteiger charge is -2.38. The van der Waals surface area contributed by atoms with E-state index in [0.717, 1.165) is 37.4 Å². The first-order valence-corrected chi connectivity index (χ1v) is 13.2. The van der Waals surface area contributed by atoms with E-state index < -0.39 is 10.0 Å². The van der Waals surface area contributed by atoms with Gasteiger partial charge in [-0.25, -0.2) is 8.42 Å². The number of benzene rings is 1. The van der Waals surface area contributed by atoms with Gasteiger partial charge in [0.05, 0.1) is 18.8 Å². The molecule has 1 saturated heterocycles. The van der Waals surface area contributed by atoms with E-state index in [2.05, 4.69) is 11.8 Å². The highest BCUT2D eigenvalue weighted by Crippen LogP contribution is 2.36. The van der Waals surface area contributed by atoms with Crippen molar-refractivity contribution in [1.82, 2.24) is 13.8 Å². The molecule has 1 aromatic carbocycles. The molecule has 3 aromatic rings. The zero-order chi connectivity index (χ0) is 23.2. The van der Waals surface area contributed by atoms with Gasteiger partial charge in [0.2, 0.25) is 10.0 Å². The molecule has 0 bridgehead atoms. The van der Waals surface area contributed by atoms with Crippen LogP contribution in [0.3, 0.4) is 0 Å². The van der Waals surface area contributed by atoms with E-state index in [4.69, 9.17) is 4.74 Å². The number of aryl methyl sites for hydroxylation is 2. The number of rotatable bonds is 5. The number of hydrogen-bond donors (Lipinski definition) is 0. The van der Waals surface area contributed by atoms with Crippen LogP contribution >= 0.6 is 11.3 Å². The lowest BCUT2D eigenvalue weighted by molar-refractivity contribution is 0.123. The lowest BCUT2D eigenvalue weighted by atomic mass is 10.0. The summed E-state index contributed by atoms with van der Waals surface area (Å²) >= 11 is 1.64. The second-order valence-corrected chi connectivity index (χ2v) is 11.7. The van der Waals surface area contributed by atoms with Gasteiger partial charge in [-0.05, 0) is 43.2 Å². The minimum atomic E-state index is -3.18. The monoisotopic (exact) mass is 475 g/mol. The molecule has 1 aliphatic rings. The van der Waals surface area contributed by atoms with E-state index in [1.165, 1.54) is 6.26 Å². The standard InChI is InChI=1S/C23H29N3O4S2/c1-15-10-17(30-4)6-7-19(15)21-14-24(3)23(27)20-11-18(31-22(20)21)13-25-8-9-26(12-16(25)2)32(5,28)29/h6-7,10-11,14,16H,8-9,12-13H2,1-5H3/t16-/m0/s1. The fraction of sp³-hybridized carbons (Fsp3) is 0.435. The van der Waals surface area contributed by atoms with Crippen molar-refractivity contribution < 1.29 is 13.2 Å². The normalized spacial score (nSPS) is 18.3. The number of fused-ring (bicyclic) bond motifs is 1. The second-order valence-electron chi connectivity index (χ2n) is 8.54. The van der Waals surface area contributed by atoms with Crippen molar-refractivity contribution in [2.45, 2.75) is 26.4 Å². The van der Waals surface area contributed by atoms with E-state index in [-0.39, 0.29) is 11.6 Å². The molecule has 1 fully saturated rings. The topological polar surface area (TPSA) is 71.8 Å². The average molecular weight is 476 g/mol. The smallest absolute Gasteiger partial charge is 0.259 e. The van der Waals surface area contributed by atoms with E-state index in [1.54, 1.807) is 34.4 Å². The van der Waals surface area contributed by atoms with Crippen molar-refractivity contribution in [1.29, 1.82) is 0 Å². The summed E-state index contributed by atoms with van der Waals surface area (Å²) < 4.78 is 33.3. The number of thiophene rings is 1. The molecule has 0 aliphatic carbocycles. The Bertz CT molecular complexity index is 1330. The van der Waals surface area contributed by atoms with Gasteiger partial charge in [0.15, 0.2) is 0 Å². The lowest BCUT2D eigenvalue weighted by Crippen LogP contribution is -2.52. The second kappa shape index (κ2) is 8.62. The maximum Gasteiger partial charge on any atom is 0.259 e. The molecule has 0 radical (unpaired) electrons. The first-order valence-electron chi connectivity index (χ1n) is 10.5. The van der Waals surface area contributed by atoms with Crippen molar-refractivity contribution in [2.24, 2.45) is 7.05 Å². The molecule has 2 aromatic heterocycles. The molecular weight excluding hydrogens is 446 g/mol. The molecule has 172 valence electrons. The number of aromatic nitrogens is 1. The van der Waals surface area contributed by atoms with Crippen LogP contribution in [-0.4, -0.2) is 61.2 Å². The summed E-state index contributed by atoms with van der Waals surface area (Å²) in [5.41, 5.74) is 3.19. The molecule has 7 nitrogen and oxygen atoms in total. The van der Waals surface area contributed by atoms with Crippen LogP contribution in [0.25, 0.3) is 21.2 Å². The third-order valence-corrected chi connectivity index (χ3v) is 8.60. The Kier molecular flexibility index (Phi) is 6.19. The number of hydrogen-bond acceptors (Lipinski definition) is 6. The van der Waals surface area contributed by atoms with Gasteiger partial charge in [-0.1, -0.05) is 6.07 Å². The third kappa shape index (κ3) is 4.34. The predicted octanol–water partition coefficient (Wildman–Crippen LogP) is 3.05. The Labute approximate surface area is 192 Å². The number of ether oxygens (including phenoxy) is 1. The minimum Gasteiger partial charge on any atom is -0.497 e. The molecule has 0 saturated carbocycles. The number of methoxy groups -OCH3 is 1. The van der Waals surface area contributed by atoms with E-state index in [1.807, 2.05) is 37.4 Å². The van der Waals surface area contributed by atoms with Gasteiger partial charge in [0, 0.05) is 60.6 Å². The van der Waals surface area contributed by atoms with Crippen molar-refractivity contribution in [3.63, 3.8) is 0 Å². The van der Waals surface area contributed by atoms with Crippen LogP contribution in [0.1, 0.15) is 17.4 Å². The highest BCUT2D eigenvalue weighted by Gasteiger charge is 2.29. The SMILES string of the molecule is COc1ccc(-c2cn(C)c(=O)c3cc(CN4CCN(S(C)(=O)=O)C[C@@H]4C)sc23)c(C)c1. The predicted molar refractivity (Wildman–Crippen MR) is 130 cm³/mol. The van der Waals surface area contributed by atoms with Crippen LogP contribution in [0.15, 0.2) is 35.3 Å². The zero-order valence-corrected chi connectivity index (χ0v) is 20.7. The molecule has 3 heterocycles. The molecule has 0 spiro atoms. The number of piperazine rings is 1. The summed E-state index contributed by atoms with van der Waals surface area (Å²) in [6.07, 6.45) is 3.17. The summed E-state index contributed by atoms with van der Waals surface area (Å²) in [5, 5.41) is 0.725. The third-order valence-electron chi connectivity index (χ3n) is 6.18. The molecule has 1 atom stereocenters. The Morgan fingerprint density at radius 2 is 1.94 bits per heavy atom. The molecule has 0 N–H and O–H groups in total. The quantitative estimate of drug-likeness (QED) is 0.567. The summed E-state index contributed by atoms with van der Waals surface area (Å²) in [7, 11) is 0.264. The van der Waals surface area contributed by atoms with Gasteiger partial charge in [-0.2, -0.15) is 4.31 Å². The van der Waals surface area contributed by atoms with E-state index in [9.17, 15) is 13.2 Å². The van der Waals surface area contributed by atoms with Crippen LogP contribution < -0.4 is 10.3 Å². The Morgan fingerprint density at radius 3 is 2.56 bits per heavy atom. The van der Waals surface area contributed by atoms with E-state index in [0.29, 0.717) is 26.2 Å². The summed E-state index contributed by atoms with van der Waals surface area (Å²) in [5.74, 6) is 0.807. The zero-order valence-electron chi connectivity index (χ0n) is 19.1. The van der Waals surface area contributed by atoms with Gasteiger partial charge in [-0.3, -0.25) is 9.69 Å². The van der Waals surface area contributed by atoms with Crippen molar-refractivity contribution in [3.05, 3.63) is 51.3 Å². The van der Waals surface area contributed by atoms with Crippen LogP contribution in [0.4, 0.5) is 0 Å². The molecule has 0 unspecified atom stereocenters. The van der Waals surface area contributed by atoms with Crippen LogP contribution in [0.5, 0.6) is 5.75 Å². The molecule has 4 rings (SSSR count). The number of nitrogens with zero attached hydrogens (tertiary/aromatic N) is 3. The van der Waals surface area contributed by atoms with Gasteiger partial charge < -0.3 is 9.30 Å². The van der Waals surface area contributed by atoms with Crippen LogP contribution in [0, 0.1) is 6.92 Å². The first-order chi connectivity index (χ1) is 15.1. The van der Waals surface area contributed by atoms with Gasteiger partial charge in [0.1, 0.15) is 5.75 Å². The summed E-state index contributed by atoms with van der Waals surface area (Å²) in [4.78, 5) is 16.3. The molecule has 32 heavy (non-hydrogen) atoms. The largest absolute Gasteiger partial charge is 0.497 e. The van der Waals surface area contributed by atoms with Gasteiger partial charge in [-0.15, -0.1) is 11.3 Å². The summed E-state index contributed by atoms with van der Waals surface area (Å²) in [6, 6.07) is 8.09. The van der Waals surface area contributed by atoms with Crippen LogP contribution in [-0.2, 0) is 23.6 Å². The maximum atomic E-state index is 12.9. The fourth-order valence-electron chi connectivity index (χ4n) is 4.34. The first kappa shape index (κ1) is 23.0. The molecular formula is C23H29N3O4S2. The van der Waals surface area contributed by atoms with Crippen molar-refractivity contribution in [3.8, 4) is 16.9 Å². The maximum absolute atomic E-state index is 12.9. The number of pyridine rings is 1. The van der Waals surface area contributed by atoms with Crippen molar-refractivity contribution in [2.75, 3.05) is 33.0 Å². The van der Waals surface area contributed by atoms with Gasteiger partial charge >= 0.3 is 0 Å². The highest BCUT2D eigenvalue weighted by molar-refractivity contribution is 7.88. The minimum absolute atomic E-state index is 0.00708. The molecule has 0 amide bonds. The summed E-state index contributed by atoms with van der Waals surface area (Å²) in [6.45, 7) is 6.45. The number of sulfonamides is 1. The van der Waals surface area contributed by atoms with E-state index >= 15 is 0 Å². The van der Waals surface area contributed by atoms with Crippen LogP contribution in [0.2, 0.25) is 0 Å². The Balaban J connectivity index is 1.70. The highest BCUT2D eigenvalue weighted by atomic mass is 32.2. The average Bonchev–Trinajstić information content (AvgIpc) is 3.15. The Morgan fingerprint density at radius 1 is 1.19 bits per heavy atom. The van der Waals surface area contributed by atoms with Crippen molar-refractivity contribution >= 4 is 31.4 Å². The molecule has 1 aliphatic heterocycles. The molecule has 9 heteroatoms. The van der Waals surface area contributed by atoms with Gasteiger partial charge in [0.25, 0.3) is 5.56 Å². The Hall–Kier alpha value is -2.20. The fourth-order valence-corrected chi connectivity index (χ4v) is 6.43.